The molecular weight excluding hydrogens is 160 g/mol. The quantitative estimate of drug-likeness (QED) is 0.493. The molecule has 0 aliphatic carbocycles. The van der Waals surface area contributed by atoms with Crippen LogP contribution in [-0.4, -0.2) is 0 Å². The molecule has 0 bridgehead atoms. The molecular formula is C8H9ClN2. The van der Waals surface area contributed by atoms with Crippen molar-refractivity contribution in [3.63, 3.8) is 0 Å². The van der Waals surface area contributed by atoms with Crippen LogP contribution in [0.2, 0.25) is 0 Å². The van der Waals surface area contributed by atoms with E-state index in [1.165, 1.54) is 0 Å². The lowest BCUT2D eigenvalue weighted by molar-refractivity contribution is -0.00000241. The summed E-state index contributed by atoms with van der Waals surface area (Å²) in [4.78, 5) is 3.13. The Kier molecular flexibility index (Phi) is 3.56. The number of aryl methyl sites for hydroxylation is 1. The first kappa shape index (κ1) is 9.93. The van der Waals surface area contributed by atoms with Crippen molar-refractivity contribution in [2.75, 3.05) is 0 Å². The zero-order valence-electron chi connectivity index (χ0n) is 6.50. The van der Waals surface area contributed by atoms with E-state index in [4.69, 9.17) is 5.39 Å². The Labute approximate surface area is 72.3 Å². The highest BCUT2D eigenvalue weighted by Gasteiger charge is 2.08. The third kappa shape index (κ3) is 1.92. The number of hydrogen-bond acceptors (Lipinski definition) is 1. The maximum atomic E-state index is 8.47. The normalized spacial score (nSPS) is 8.09. The molecule has 0 atom stereocenters. The van der Waals surface area contributed by atoms with Gasteiger partial charge in [0.25, 0.3) is 0 Å². The summed E-state index contributed by atoms with van der Waals surface area (Å²) in [6.45, 7) is 3.92. The summed E-state index contributed by atoms with van der Waals surface area (Å²) in [7, 11) is 0. The number of benzene rings is 1. The first-order valence-corrected chi connectivity index (χ1v) is 3.17. The Morgan fingerprint density at radius 1 is 1.27 bits per heavy atom. The minimum Gasteiger partial charge on any atom is -1.00 e. The van der Waals surface area contributed by atoms with E-state index in [1.807, 2.05) is 26.0 Å². The van der Waals surface area contributed by atoms with Crippen LogP contribution in [0, 0.1) is 19.2 Å². The summed E-state index contributed by atoms with van der Waals surface area (Å²) in [6, 6.07) is 5.64. The van der Waals surface area contributed by atoms with Crippen molar-refractivity contribution in [1.82, 2.24) is 0 Å². The zero-order chi connectivity index (χ0) is 7.56. The minimum atomic E-state index is 0. The maximum Gasteiger partial charge on any atom is 0.388 e. The summed E-state index contributed by atoms with van der Waals surface area (Å²) >= 11 is 0. The molecule has 2 nitrogen and oxygen atoms in total. The SMILES string of the molecule is Cc1cccc([N+]#N)c1C.[Cl-]. The summed E-state index contributed by atoms with van der Waals surface area (Å²) in [6.07, 6.45) is 0. The molecule has 0 aliphatic rings. The van der Waals surface area contributed by atoms with E-state index in [0.29, 0.717) is 5.69 Å². The highest BCUT2D eigenvalue weighted by atomic mass is 35.5. The largest absolute Gasteiger partial charge is 1.00 e. The van der Waals surface area contributed by atoms with E-state index in [0.717, 1.165) is 11.1 Å². The highest BCUT2D eigenvalue weighted by Crippen LogP contribution is 2.20. The zero-order valence-corrected chi connectivity index (χ0v) is 7.26. The van der Waals surface area contributed by atoms with Crippen LogP contribution in [0.1, 0.15) is 11.1 Å². The number of halogens is 1. The van der Waals surface area contributed by atoms with Gasteiger partial charge in [0.1, 0.15) is 0 Å². The standard InChI is InChI=1S/C8H9N2.ClH/c1-6-4-3-5-8(10-9)7(6)2;/h3-5H,1-2H3;1H/q+1;/p-1. The van der Waals surface area contributed by atoms with Crippen LogP contribution in [0.3, 0.4) is 0 Å². The van der Waals surface area contributed by atoms with Crippen LogP contribution in [-0.2, 0) is 0 Å². The fourth-order valence-corrected chi connectivity index (χ4v) is 0.844. The molecule has 0 saturated heterocycles. The summed E-state index contributed by atoms with van der Waals surface area (Å²) in [5.41, 5.74) is 2.83. The Morgan fingerprint density at radius 2 is 1.91 bits per heavy atom. The molecule has 0 unspecified atom stereocenters. The molecule has 1 aromatic rings. The number of nitrogens with zero attached hydrogens (tertiary/aromatic N) is 2. The van der Waals surface area contributed by atoms with Crippen LogP contribution in [0.4, 0.5) is 5.69 Å². The van der Waals surface area contributed by atoms with E-state index in [-0.39, 0.29) is 12.4 Å². The lowest BCUT2D eigenvalue weighted by Gasteiger charge is -1.91. The van der Waals surface area contributed by atoms with E-state index in [1.54, 1.807) is 6.07 Å². The fourth-order valence-electron chi connectivity index (χ4n) is 0.844. The van der Waals surface area contributed by atoms with Gasteiger partial charge >= 0.3 is 5.69 Å². The fraction of sp³-hybridized carbons (Fsp3) is 0.250. The average Bonchev–Trinajstić information content (AvgIpc) is 1.95. The Morgan fingerprint density at radius 3 is 2.36 bits per heavy atom. The smallest absolute Gasteiger partial charge is 0.388 e. The second-order valence-electron chi connectivity index (χ2n) is 2.32. The lowest BCUT2D eigenvalue weighted by Crippen LogP contribution is -3.00. The van der Waals surface area contributed by atoms with E-state index >= 15 is 0 Å². The minimum absolute atomic E-state index is 0. The first-order valence-electron chi connectivity index (χ1n) is 3.17. The van der Waals surface area contributed by atoms with Crippen molar-refractivity contribution < 1.29 is 12.4 Å². The molecule has 0 amide bonds. The summed E-state index contributed by atoms with van der Waals surface area (Å²) < 4.78 is 0. The maximum absolute atomic E-state index is 8.47. The Bertz CT molecular complexity index is 289. The van der Waals surface area contributed by atoms with E-state index < -0.39 is 0 Å². The van der Waals surface area contributed by atoms with Gasteiger partial charge in [-0.25, -0.2) is 0 Å². The van der Waals surface area contributed by atoms with Gasteiger partial charge in [0.15, 0.2) is 4.98 Å². The van der Waals surface area contributed by atoms with Gasteiger partial charge in [-0.05, 0) is 19.4 Å². The molecule has 11 heavy (non-hydrogen) atoms. The van der Waals surface area contributed by atoms with Crippen molar-refractivity contribution in [3.8, 4) is 0 Å². The average molecular weight is 169 g/mol. The molecule has 0 saturated carbocycles. The molecule has 0 heterocycles. The highest BCUT2D eigenvalue weighted by molar-refractivity contribution is 5.53. The van der Waals surface area contributed by atoms with E-state index in [9.17, 15) is 0 Å². The monoisotopic (exact) mass is 168 g/mol. The van der Waals surface area contributed by atoms with Gasteiger partial charge in [0.2, 0.25) is 5.39 Å². The van der Waals surface area contributed by atoms with Crippen molar-refractivity contribution >= 4 is 5.69 Å². The van der Waals surface area contributed by atoms with Crippen LogP contribution in [0.25, 0.3) is 4.98 Å². The molecule has 0 aliphatic heterocycles. The topological polar surface area (TPSA) is 28.1 Å². The predicted molar refractivity (Wildman–Crippen MR) is 40.7 cm³/mol. The third-order valence-corrected chi connectivity index (χ3v) is 1.68. The lowest BCUT2D eigenvalue weighted by atomic mass is 10.1. The van der Waals surface area contributed by atoms with Gasteiger partial charge in [0, 0.05) is 11.6 Å². The van der Waals surface area contributed by atoms with Crippen molar-refractivity contribution in [2.45, 2.75) is 13.8 Å². The number of diazo groups is 1. The molecule has 3 heteroatoms. The van der Waals surface area contributed by atoms with Gasteiger partial charge in [-0.3, -0.25) is 0 Å². The molecule has 0 aromatic heterocycles. The van der Waals surface area contributed by atoms with Gasteiger partial charge in [-0.1, -0.05) is 12.1 Å². The molecule has 0 N–H and O–H groups in total. The van der Waals surface area contributed by atoms with Gasteiger partial charge in [-0.2, -0.15) is 0 Å². The number of hydrogen-bond donors (Lipinski definition) is 0. The van der Waals surface area contributed by atoms with Gasteiger partial charge in [0.05, 0.1) is 0 Å². The summed E-state index contributed by atoms with van der Waals surface area (Å²) in [5.74, 6) is 0. The van der Waals surface area contributed by atoms with Gasteiger partial charge < -0.3 is 12.4 Å². The van der Waals surface area contributed by atoms with Crippen LogP contribution in [0.5, 0.6) is 0 Å². The van der Waals surface area contributed by atoms with Crippen molar-refractivity contribution in [1.29, 1.82) is 5.39 Å². The first-order chi connectivity index (χ1) is 4.75. The third-order valence-electron chi connectivity index (χ3n) is 1.68. The van der Waals surface area contributed by atoms with E-state index in [2.05, 4.69) is 4.98 Å². The molecule has 0 fully saturated rings. The molecule has 58 valence electrons. The summed E-state index contributed by atoms with van der Waals surface area (Å²) in [5, 5.41) is 8.47. The number of rotatable bonds is 0. The van der Waals surface area contributed by atoms with Crippen LogP contribution < -0.4 is 12.4 Å². The molecule has 1 aromatic carbocycles. The second-order valence-corrected chi connectivity index (χ2v) is 2.32. The molecule has 0 radical (unpaired) electrons. The predicted octanol–water partition coefficient (Wildman–Crippen LogP) is -0.208. The van der Waals surface area contributed by atoms with Gasteiger partial charge in [-0.15, -0.1) is 0 Å². The van der Waals surface area contributed by atoms with Crippen molar-refractivity contribution in [2.24, 2.45) is 0 Å². The van der Waals surface area contributed by atoms with Crippen LogP contribution in [0.15, 0.2) is 18.2 Å². The molecule has 1 rings (SSSR count). The Hall–Kier alpha value is -1.07. The molecule has 0 spiro atoms. The van der Waals surface area contributed by atoms with Crippen molar-refractivity contribution in [3.05, 3.63) is 34.3 Å². The Balaban J connectivity index is 0.000001000. The van der Waals surface area contributed by atoms with Crippen LogP contribution >= 0.6 is 0 Å². The second kappa shape index (κ2) is 3.95.